The molecule has 1 aromatic heterocycles. The Labute approximate surface area is 232 Å². The van der Waals surface area contributed by atoms with Gasteiger partial charge in [-0.3, -0.25) is 9.36 Å². The first kappa shape index (κ1) is 28.3. The third-order valence-electron chi connectivity index (χ3n) is 7.87. The third kappa shape index (κ3) is 6.73. The lowest BCUT2D eigenvalue weighted by Gasteiger charge is -2.30. The topological polar surface area (TPSA) is 157 Å². The molecule has 1 saturated heterocycles. The Kier molecular flexibility index (Phi) is 8.47. The van der Waals surface area contributed by atoms with Crippen LogP contribution in [0.2, 0.25) is 5.02 Å². The van der Waals surface area contributed by atoms with Gasteiger partial charge in [0.2, 0.25) is 5.95 Å². The van der Waals surface area contributed by atoms with Crippen LogP contribution in [0.1, 0.15) is 53.6 Å². The number of carbonyl (C=O) groups excluding carboxylic acids is 1. The number of rotatable bonds is 10. The minimum atomic E-state index is -3.55. The van der Waals surface area contributed by atoms with Crippen molar-refractivity contribution in [2.45, 2.75) is 63.4 Å². The Morgan fingerprint density at radius 3 is 2.69 bits per heavy atom. The van der Waals surface area contributed by atoms with Crippen LogP contribution in [0, 0.1) is 11.8 Å². The van der Waals surface area contributed by atoms with Crippen molar-refractivity contribution < 1.29 is 29.0 Å². The number of hydrogen-bond donors (Lipinski definition) is 5. The van der Waals surface area contributed by atoms with Gasteiger partial charge in [0.05, 0.1) is 25.4 Å². The van der Waals surface area contributed by atoms with Gasteiger partial charge in [-0.15, -0.1) is 0 Å². The summed E-state index contributed by atoms with van der Waals surface area (Å²) in [4.78, 5) is 34.1. The van der Waals surface area contributed by atoms with E-state index in [4.69, 9.17) is 21.1 Å². The van der Waals surface area contributed by atoms with Crippen molar-refractivity contribution in [2.75, 3.05) is 30.0 Å². The number of aliphatic hydroxyl groups is 2. The lowest BCUT2D eigenvalue weighted by atomic mass is 9.93. The predicted octanol–water partition coefficient (Wildman–Crippen LogP) is 2.92. The van der Waals surface area contributed by atoms with E-state index in [-0.39, 0.29) is 37.3 Å². The summed E-state index contributed by atoms with van der Waals surface area (Å²) in [5.74, 6) is 1.54. The average Bonchev–Trinajstić information content (AvgIpc) is 3.57. The highest BCUT2D eigenvalue weighted by Crippen LogP contribution is 2.50. The SMILES string of the molecule is CP(=O)(O)OC1CCC(NC(=O)c2cnc(N3CC4CC4C3CO)nc2NCc2ccc(CO)c(Cl)c2)CC1. The van der Waals surface area contributed by atoms with E-state index in [1.54, 1.807) is 12.1 Å². The van der Waals surface area contributed by atoms with Crippen molar-refractivity contribution >= 4 is 36.9 Å². The minimum absolute atomic E-state index is 0.0258. The fourth-order valence-electron chi connectivity index (χ4n) is 5.71. The van der Waals surface area contributed by atoms with Gasteiger partial charge in [-0.1, -0.05) is 23.7 Å². The van der Waals surface area contributed by atoms with Crippen molar-refractivity contribution in [1.82, 2.24) is 15.3 Å². The minimum Gasteiger partial charge on any atom is -0.394 e. The summed E-state index contributed by atoms with van der Waals surface area (Å²) in [5, 5.41) is 26.1. The van der Waals surface area contributed by atoms with Crippen LogP contribution in [0.4, 0.5) is 11.8 Å². The average molecular weight is 580 g/mol. The van der Waals surface area contributed by atoms with E-state index in [0.717, 1.165) is 18.5 Å². The monoisotopic (exact) mass is 579 g/mol. The summed E-state index contributed by atoms with van der Waals surface area (Å²) >= 11 is 6.26. The fourth-order valence-corrected chi connectivity index (χ4v) is 6.74. The number of aliphatic hydroxyl groups excluding tert-OH is 2. The Hall–Kier alpha value is -2.27. The van der Waals surface area contributed by atoms with E-state index < -0.39 is 7.60 Å². The van der Waals surface area contributed by atoms with E-state index in [0.29, 0.717) is 72.0 Å². The van der Waals surface area contributed by atoms with Gasteiger partial charge in [0, 0.05) is 37.0 Å². The molecule has 3 aliphatic rings. The molecule has 39 heavy (non-hydrogen) atoms. The van der Waals surface area contributed by atoms with Gasteiger partial charge in [0.15, 0.2) is 0 Å². The van der Waals surface area contributed by atoms with Crippen LogP contribution < -0.4 is 15.5 Å². The maximum Gasteiger partial charge on any atom is 0.325 e. The van der Waals surface area contributed by atoms with E-state index in [1.165, 1.54) is 12.9 Å². The molecule has 4 atom stereocenters. The Balaban J connectivity index is 1.31. The highest BCUT2D eigenvalue weighted by molar-refractivity contribution is 7.51. The molecular formula is C26H35ClN5O6P. The standard InChI is InChI=1S/C26H35ClN5O6P/c1-39(36,37)38-19-6-4-18(5-7-19)30-25(35)21-11-29-26(32-12-17-9-20(17)23(32)14-34)31-24(21)28-10-15-2-3-16(13-33)22(27)8-15/h2-3,8,11,17-20,23,33-34H,4-7,9-10,12-14H2,1H3,(H,30,35)(H,36,37)(H,28,29,31). The van der Waals surface area contributed by atoms with Gasteiger partial charge in [-0.05, 0) is 61.1 Å². The molecule has 13 heteroatoms. The molecule has 3 fully saturated rings. The van der Waals surface area contributed by atoms with Crippen molar-refractivity contribution in [3.63, 3.8) is 0 Å². The number of fused-ring (bicyclic) bond motifs is 1. The van der Waals surface area contributed by atoms with E-state index in [9.17, 15) is 24.5 Å². The maximum atomic E-state index is 13.4. The number of amides is 1. The Bertz CT molecular complexity index is 1250. The second kappa shape index (κ2) is 11.7. The molecular weight excluding hydrogens is 545 g/mol. The van der Waals surface area contributed by atoms with Crippen molar-refractivity contribution in [1.29, 1.82) is 0 Å². The molecule has 1 aliphatic heterocycles. The Morgan fingerprint density at radius 2 is 2.03 bits per heavy atom. The van der Waals surface area contributed by atoms with Crippen LogP contribution in [0.15, 0.2) is 24.4 Å². The molecule has 1 aromatic carbocycles. The van der Waals surface area contributed by atoms with Gasteiger partial charge in [-0.2, -0.15) is 4.98 Å². The molecule has 212 valence electrons. The number of halogens is 1. The summed E-state index contributed by atoms with van der Waals surface area (Å²) in [7, 11) is -3.55. The van der Waals surface area contributed by atoms with Crippen molar-refractivity contribution in [3.8, 4) is 0 Å². The van der Waals surface area contributed by atoms with Gasteiger partial charge in [0.25, 0.3) is 5.91 Å². The highest BCUT2D eigenvalue weighted by Gasteiger charge is 2.53. The van der Waals surface area contributed by atoms with Crippen molar-refractivity contribution in [2.24, 2.45) is 11.8 Å². The number of nitrogens with zero attached hydrogens (tertiary/aromatic N) is 3. The van der Waals surface area contributed by atoms with Gasteiger partial charge in [0.1, 0.15) is 11.4 Å². The second-order valence-electron chi connectivity index (χ2n) is 10.8. The molecule has 2 heterocycles. The molecule has 11 nitrogen and oxygen atoms in total. The molecule has 2 aromatic rings. The largest absolute Gasteiger partial charge is 0.394 e. The molecule has 0 spiro atoms. The summed E-state index contributed by atoms with van der Waals surface area (Å²) in [6.07, 6.45) is 4.75. The molecule has 5 N–H and O–H groups in total. The molecule has 0 radical (unpaired) electrons. The molecule has 2 aliphatic carbocycles. The lowest BCUT2D eigenvalue weighted by Crippen LogP contribution is -2.40. The van der Waals surface area contributed by atoms with Crippen molar-refractivity contribution in [3.05, 3.63) is 46.1 Å². The summed E-state index contributed by atoms with van der Waals surface area (Å²) in [6, 6.07) is 5.25. The number of hydrogen-bond acceptors (Lipinski definition) is 9. The first-order chi connectivity index (χ1) is 18.6. The molecule has 0 bridgehead atoms. The van der Waals surface area contributed by atoms with E-state index in [1.807, 2.05) is 11.0 Å². The van der Waals surface area contributed by atoms with Gasteiger partial charge < -0.3 is 35.2 Å². The number of anilines is 2. The van der Waals surface area contributed by atoms with E-state index >= 15 is 0 Å². The van der Waals surface area contributed by atoms with E-state index in [2.05, 4.69) is 15.6 Å². The summed E-state index contributed by atoms with van der Waals surface area (Å²) in [6.45, 7) is 2.19. The quantitative estimate of drug-likeness (QED) is 0.265. The molecule has 1 amide bonds. The van der Waals surface area contributed by atoms with Crippen LogP contribution >= 0.6 is 19.2 Å². The molecule has 4 unspecified atom stereocenters. The fraction of sp³-hybridized carbons (Fsp3) is 0.577. The first-order valence-electron chi connectivity index (χ1n) is 13.3. The van der Waals surface area contributed by atoms with Crippen LogP contribution in [0.3, 0.4) is 0 Å². The number of aromatic nitrogens is 2. The number of piperidine rings is 1. The maximum absolute atomic E-state index is 13.4. The second-order valence-corrected chi connectivity index (χ2v) is 13.0. The van der Waals surface area contributed by atoms with Crippen LogP contribution in [-0.4, -0.2) is 69.0 Å². The first-order valence-corrected chi connectivity index (χ1v) is 15.7. The smallest absolute Gasteiger partial charge is 0.325 e. The zero-order chi connectivity index (χ0) is 27.7. The molecule has 5 rings (SSSR count). The molecule has 2 saturated carbocycles. The summed E-state index contributed by atoms with van der Waals surface area (Å²) < 4.78 is 16.8. The number of carbonyl (C=O) groups is 1. The Morgan fingerprint density at radius 1 is 1.26 bits per heavy atom. The van der Waals surface area contributed by atoms with Gasteiger partial charge >= 0.3 is 7.60 Å². The highest BCUT2D eigenvalue weighted by atomic mass is 35.5. The summed E-state index contributed by atoms with van der Waals surface area (Å²) in [5.41, 5.74) is 1.79. The number of benzene rings is 1. The zero-order valence-corrected chi connectivity index (χ0v) is 23.4. The third-order valence-corrected chi connectivity index (χ3v) is 8.91. The van der Waals surface area contributed by atoms with Gasteiger partial charge in [-0.25, -0.2) is 4.98 Å². The van der Waals surface area contributed by atoms with Crippen LogP contribution in [0.25, 0.3) is 0 Å². The zero-order valence-electron chi connectivity index (χ0n) is 21.8. The normalized spacial score (nSPS) is 27.5. The number of nitrogens with one attached hydrogen (secondary N) is 2. The van der Waals surface area contributed by atoms with Crippen LogP contribution in [0.5, 0.6) is 0 Å². The predicted molar refractivity (Wildman–Crippen MR) is 147 cm³/mol. The lowest BCUT2D eigenvalue weighted by molar-refractivity contribution is 0.0881. The van der Waals surface area contributed by atoms with Crippen LogP contribution in [-0.2, 0) is 22.2 Å².